The largest absolute Gasteiger partial charge is 0.353 e. The first kappa shape index (κ1) is 18.7. The van der Waals surface area contributed by atoms with Gasteiger partial charge in [-0.25, -0.2) is 0 Å². The van der Waals surface area contributed by atoms with Crippen LogP contribution in [0.2, 0.25) is 0 Å². The Hall–Kier alpha value is -0.340. The van der Waals surface area contributed by atoms with Gasteiger partial charge in [0.1, 0.15) is 0 Å². The predicted octanol–water partition coefficient (Wildman–Crippen LogP) is 5.47. The molecule has 0 heterocycles. The average Bonchev–Trinajstić information content (AvgIpc) is 2.43. The molecule has 0 bridgehead atoms. The lowest BCUT2D eigenvalue weighted by molar-refractivity contribution is -0.146. The van der Waals surface area contributed by atoms with Crippen molar-refractivity contribution in [1.82, 2.24) is 0 Å². The van der Waals surface area contributed by atoms with Crippen molar-refractivity contribution in [3.8, 4) is 0 Å². The lowest BCUT2D eigenvalue weighted by atomic mass is 10.1. The maximum Gasteiger partial charge on any atom is 0.157 e. The van der Waals surface area contributed by atoms with Gasteiger partial charge >= 0.3 is 0 Å². The van der Waals surface area contributed by atoms with Crippen LogP contribution in [0.4, 0.5) is 0 Å². The van der Waals surface area contributed by atoms with Gasteiger partial charge in [-0.05, 0) is 44.9 Å². The van der Waals surface area contributed by atoms with E-state index in [1.54, 1.807) is 0 Å². The Labute approximate surface area is 120 Å². The highest BCUT2D eigenvalue weighted by molar-refractivity contribution is 4.80. The summed E-state index contributed by atoms with van der Waals surface area (Å²) in [6.45, 7) is 8.12. The lowest BCUT2D eigenvalue weighted by Gasteiger charge is -2.17. The van der Waals surface area contributed by atoms with Gasteiger partial charge in [-0.15, -0.1) is 0 Å². The number of hydrogen-bond donors (Lipinski definition) is 0. The molecule has 0 rings (SSSR count). The molecule has 2 nitrogen and oxygen atoms in total. The summed E-state index contributed by atoms with van der Waals surface area (Å²) in [6, 6.07) is 0. The minimum Gasteiger partial charge on any atom is -0.353 e. The van der Waals surface area contributed by atoms with Crippen LogP contribution < -0.4 is 0 Å². The van der Waals surface area contributed by atoms with E-state index in [1.165, 1.54) is 38.5 Å². The van der Waals surface area contributed by atoms with E-state index in [0.717, 1.165) is 32.5 Å². The molecule has 0 spiro atoms. The zero-order valence-electron chi connectivity index (χ0n) is 13.3. The first-order chi connectivity index (χ1) is 9.35. The Bertz CT molecular complexity index is 182. The van der Waals surface area contributed by atoms with E-state index < -0.39 is 0 Å². The van der Waals surface area contributed by atoms with Crippen LogP contribution in [0.25, 0.3) is 0 Å². The maximum atomic E-state index is 5.72. The molecule has 0 aliphatic carbocycles. The molecule has 0 fully saturated rings. The number of hydrogen-bond acceptors (Lipinski definition) is 2. The third-order valence-corrected chi connectivity index (χ3v) is 2.95. The van der Waals surface area contributed by atoms with Crippen molar-refractivity contribution in [2.24, 2.45) is 0 Å². The molecule has 0 aliphatic rings. The summed E-state index contributed by atoms with van der Waals surface area (Å²) < 4.78 is 11.4. The van der Waals surface area contributed by atoms with E-state index in [1.807, 2.05) is 0 Å². The molecule has 19 heavy (non-hydrogen) atoms. The lowest BCUT2D eigenvalue weighted by Crippen LogP contribution is -2.18. The number of allylic oxidation sites excluding steroid dienone is 2. The molecule has 0 unspecified atom stereocenters. The average molecular weight is 270 g/mol. The minimum atomic E-state index is 0.0236. The van der Waals surface area contributed by atoms with Crippen LogP contribution >= 0.6 is 0 Å². The second-order valence-electron chi connectivity index (χ2n) is 5.07. The van der Waals surface area contributed by atoms with Gasteiger partial charge in [0.15, 0.2) is 6.29 Å². The fraction of sp³-hybridized carbons (Fsp3) is 0.882. The van der Waals surface area contributed by atoms with Crippen LogP contribution in [0, 0.1) is 0 Å². The molecule has 0 aromatic heterocycles. The molecule has 0 amide bonds. The van der Waals surface area contributed by atoms with Gasteiger partial charge < -0.3 is 9.47 Å². The highest BCUT2D eigenvalue weighted by Crippen LogP contribution is 2.11. The van der Waals surface area contributed by atoms with Gasteiger partial charge in [0.05, 0.1) is 0 Å². The Morgan fingerprint density at radius 3 is 1.95 bits per heavy atom. The van der Waals surface area contributed by atoms with Crippen molar-refractivity contribution in [1.29, 1.82) is 0 Å². The molecule has 0 N–H and O–H groups in total. The summed E-state index contributed by atoms with van der Waals surface area (Å²) in [5.41, 5.74) is 0. The zero-order valence-corrected chi connectivity index (χ0v) is 13.3. The smallest absolute Gasteiger partial charge is 0.157 e. The van der Waals surface area contributed by atoms with Crippen molar-refractivity contribution in [3.63, 3.8) is 0 Å². The number of unbranched alkanes of at least 4 members (excludes halogenated alkanes) is 4. The number of rotatable bonds is 14. The summed E-state index contributed by atoms with van der Waals surface area (Å²) in [4.78, 5) is 0. The third kappa shape index (κ3) is 13.9. The van der Waals surface area contributed by atoms with Crippen LogP contribution in [-0.2, 0) is 9.47 Å². The first-order valence-electron chi connectivity index (χ1n) is 8.23. The number of ether oxygens (including phenoxy) is 2. The fourth-order valence-corrected chi connectivity index (χ4v) is 1.87. The molecular weight excluding hydrogens is 236 g/mol. The minimum absolute atomic E-state index is 0.0236. The van der Waals surface area contributed by atoms with Crippen molar-refractivity contribution < 1.29 is 9.47 Å². The van der Waals surface area contributed by atoms with Gasteiger partial charge in [-0.2, -0.15) is 0 Å². The van der Waals surface area contributed by atoms with E-state index in [-0.39, 0.29) is 6.29 Å². The summed E-state index contributed by atoms with van der Waals surface area (Å²) >= 11 is 0. The molecule has 2 heteroatoms. The van der Waals surface area contributed by atoms with Crippen LogP contribution in [0.15, 0.2) is 12.2 Å². The van der Waals surface area contributed by atoms with Crippen molar-refractivity contribution >= 4 is 0 Å². The van der Waals surface area contributed by atoms with Crippen molar-refractivity contribution in [2.75, 3.05) is 13.2 Å². The monoisotopic (exact) mass is 270 g/mol. The molecule has 0 atom stereocenters. The van der Waals surface area contributed by atoms with E-state index in [4.69, 9.17) is 9.47 Å². The zero-order chi connectivity index (χ0) is 14.2. The topological polar surface area (TPSA) is 18.5 Å². The predicted molar refractivity (Wildman–Crippen MR) is 83.4 cm³/mol. The van der Waals surface area contributed by atoms with Gasteiger partial charge in [0, 0.05) is 13.2 Å². The Morgan fingerprint density at radius 2 is 1.37 bits per heavy atom. The van der Waals surface area contributed by atoms with E-state index >= 15 is 0 Å². The maximum absolute atomic E-state index is 5.72. The highest BCUT2D eigenvalue weighted by Gasteiger charge is 2.07. The Balaban J connectivity index is 3.50. The van der Waals surface area contributed by atoms with Crippen molar-refractivity contribution in [2.45, 2.75) is 84.8 Å². The molecule has 0 saturated heterocycles. The summed E-state index contributed by atoms with van der Waals surface area (Å²) in [7, 11) is 0. The van der Waals surface area contributed by atoms with Crippen LogP contribution in [0.5, 0.6) is 0 Å². The van der Waals surface area contributed by atoms with Gasteiger partial charge in [-0.1, -0.05) is 45.8 Å². The van der Waals surface area contributed by atoms with E-state index in [9.17, 15) is 0 Å². The molecule has 0 radical (unpaired) electrons. The van der Waals surface area contributed by atoms with Gasteiger partial charge in [0.2, 0.25) is 0 Å². The van der Waals surface area contributed by atoms with E-state index in [2.05, 4.69) is 32.9 Å². The molecular formula is C17H34O2. The quantitative estimate of drug-likeness (QED) is 0.237. The first-order valence-corrected chi connectivity index (χ1v) is 8.23. The van der Waals surface area contributed by atoms with Crippen molar-refractivity contribution in [3.05, 3.63) is 12.2 Å². The van der Waals surface area contributed by atoms with Gasteiger partial charge in [-0.3, -0.25) is 0 Å². The normalized spacial score (nSPS) is 11.8. The van der Waals surface area contributed by atoms with E-state index in [0.29, 0.717) is 0 Å². The SMILES string of the molecule is CCC/C=C\CCCCCC(OCCC)OCCC. The highest BCUT2D eigenvalue weighted by atomic mass is 16.7. The van der Waals surface area contributed by atoms with Crippen LogP contribution in [0.1, 0.15) is 78.6 Å². The second-order valence-corrected chi connectivity index (χ2v) is 5.07. The molecule has 114 valence electrons. The van der Waals surface area contributed by atoms with Gasteiger partial charge in [0.25, 0.3) is 0 Å². The Kier molecular flexibility index (Phi) is 15.4. The fourth-order valence-electron chi connectivity index (χ4n) is 1.87. The standard InChI is InChI=1S/C17H34O2/c1-4-7-8-9-10-11-12-13-14-17(18-15-5-2)19-16-6-3/h8-9,17H,4-7,10-16H2,1-3H3/b9-8-. The van der Waals surface area contributed by atoms with Crippen LogP contribution in [-0.4, -0.2) is 19.5 Å². The third-order valence-electron chi connectivity index (χ3n) is 2.95. The summed E-state index contributed by atoms with van der Waals surface area (Å²) in [6.07, 6.45) is 15.3. The molecule has 0 aromatic carbocycles. The Morgan fingerprint density at radius 1 is 0.737 bits per heavy atom. The molecule has 0 aliphatic heterocycles. The molecule has 0 saturated carbocycles. The second kappa shape index (κ2) is 15.7. The summed E-state index contributed by atoms with van der Waals surface area (Å²) in [5, 5.41) is 0. The molecule has 0 aromatic rings. The summed E-state index contributed by atoms with van der Waals surface area (Å²) in [5.74, 6) is 0. The van der Waals surface area contributed by atoms with Crippen LogP contribution in [0.3, 0.4) is 0 Å².